The van der Waals surface area contributed by atoms with Crippen LogP contribution in [-0.2, 0) is 6.42 Å². The van der Waals surface area contributed by atoms with Crippen LogP contribution in [0, 0.1) is 0 Å². The summed E-state index contributed by atoms with van der Waals surface area (Å²) < 4.78 is 44.7. The fourth-order valence-electron chi connectivity index (χ4n) is 5.34. The van der Waals surface area contributed by atoms with E-state index in [4.69, 9.17) is 15.7 Å². The number of fused-ring (bicyclic) bond motifs is 2. The van der Waals surface area contributed by atoms with E-state index in [1.165, 1.54) is 6.07 Å². The predicted molar refractivity (Wildman–Crippen MR) is 153 cm³/mol. The van der Waals surface area contributed by atoms with Crippen LogP contribution in [0.1, 0.15) is 33.9 Å². The van der Waals surface area contributed by atoms with Crippen molar-refractivity contribution >= 4 is 22.9 Å². The lowest BCUT2D eigenvalue weighted by Crippen LogP contribution is -2.27. The number of hydrogen-bond donors (Lipinski definition) is 2. The molecule has 0 radical (unpaired) electrons. The van der Waals surface area contributed by atoms with Crippen molar-refractivity contribution in [3.63, 3.8) is 0 Å². The molecule has 11 nitrogen and oxygen atoms in total. The van der Waals surface area contributed by atoms with E-state index >= 15 is 0 Å². The number of nitrogens with two attached hydrogens (primary N) is 1. The SMILES string of the molecule is Nc1ncccc1-c1nc2ccc(-n3cccn3)nc2n1-c1ccc2c(c1)CC[C@@H]2NC(=O)c1ccc(OC(F)(F)F)nc1. The number of amides is 1. The summed E-state index contributed by atoms with van der Waals surface area (Å²) >= 11 is 0. The van der Waals surface area contributed by atoms with E-state index in [-0.39, 0.29) is 11.6 Å². The van der Waals surface area contributed by atoms with Gasteiger partial charge in [0.15, 0.2) is 17.3 Å². The van der Waals surface area contributed by atoms with E-state index in [0.717, 1.165) is 29.1 Å². The van der Waals surface area contributed by atoms with Gasteiger partial charge in [0.1, 0.15) is 11.3 Å². The number of aromatic nitrogens is 7. The molecule has 0 bridgehead atoms. The summed E-state index contributed by atoms with van der Waals surface area (Å²) in [6.45, 7) is 0. The second kappa shape index (κ2) is 10.5. The number of carbonyl (C=O) groups excluding carboxylic acids is 1. The van der Waals surface area contributed by atoms with Crippen molar-refractivity contribution in [3.8, 4) is 28.8 Å². The molecule has 14 heteroatoms. The van der Waals surface area contributed by atoms with Gasteiger partial charge in [0.25, 0.3) is 5.91 Å². The minimum atomic E-state index is -4.87. The molecule has 6 aromatic rings. The molecular weight excluding hydrogens is 575 g/mol. The molecule has 0 unspecified atom stereocenters. The standard InChI is InChI=1S/C30H22F3N9O2/c31-30(32,33)44-25-11-5-18(16-36-25)29(43)39-22-8-4-17-15-19(6-7-20(17)22)42-27(21-3-1-12-35-26(21)34)38-23-9-10-24(40-28(23)42)41-14-2-13-37-41/h1-3,5-7,9-16,22H,4,8H2,(H2,34,35)(H,39,43)/t22-/m0/s1. The second-order valence-electron chi connectivity index (χ2n) is 10.1. The molecule has 5 aromatic heterocycles. The van der Waals surface area contributed by atoms with Crippen LogP contribution in [0.2, 0.25) is 0 Å². The van der Waals surface area contributed by atoms with Crippen molar-refractivity contribution in [2.45, 2.75) is 25.2 Å². The van der Waals surface area contributed by atoms with Gasteiger partial charge in [-0.05, 0) is 72.5 Å². The van der Waals surface area contributed by atoms with E-state index in [0.29, 0.717) is 47.0 Å². The number of nitrogen functional groups attached to an aromatic ring is 1. The Balaban J connectivity index is 1.22. The minimum Gasteiger partial charge on any atom is -0.388 e. The Morgan fingerprint density at radius 3 is 2.66 bits per heavy atom. The average molecular weight is 598 g/mol. The quantitative estimate of drug-likeness (QED) is 0.275. The molecule has 1 aliphatic rings. The molecular formula is C30H22F3N9O2. The number of halogens is 3. The summed E-state index contributed by atoms with van der Waals surface area (Å²) in [6, 6.07) is 17.0. The number of hydrogen-bond acceptors (Lipinski definition) is 8. The molecule has 0 saturated carbocycles. The Labute approximate surface area is 247 Å². The number of carbonyl (C=O) groups is 1. The number of ether oxygens (including phenoxy) is 1. The number of nitrogens with zero attached hydrogens (tertiary/aromatic N) is 7. The number of nitrogens with one attached hydrogen (secondary N) is 1. The topological polar surface area (TPSA) is 139 Å². The Morgan fingerprint density at radius 1 is 1.02 bits per heavy atom. The molecule has 220 valence electrons. The van der Waals surface area contributed by atoms with Gasteiger partial charge in [-0.1, -0.05) is 6.07 Å². The molecule has 0 aliphatic heterocycles. The highest BCUT2D eigenvalue weighted by molar-refractivity contribution is 5.94. The molecule has 1 amide bonds. The first-order valence-electron chi connectivity index (χ1n) is 13.5. The van der Waals surface area contributed by atoms with Gasteiger partial charge in [-0.2, -0.15) is 5.10 Å². The Bertz CT molecular complexity index is 2010. The van der Waals surface area contributed by atoms with Gasteiger partial charge in [0.05, 0.1) is 17.2 Å². The van der Waals surface area contributed by atoms with Crippen molar-refractivity contribution in [2.24, 2.45) is 0 Å². The van der Waals surface area contributed by atoms with Crippen molar-refractivity contribution in [3.05, 3.63) is 102 Å². The Hall–Kier alpha value is -5.79. The van der Waals surface area contributed by atoms with Gasteiger partial charge < -0.3 is 15.8 Å². The highest BCUT2D eigenvalue weighted by atomic mass is 19.4. The number of anilines is 1. The summed E-state index contributed by atoms with van der Waals surface area (Å²) in [5.74, 6) is 0.421. The van der Waals surface area contributed by atoms with Crippen LogP contribution in [0.3, 0.4) is 0 Å². The summed E-state index contributed by atoms with van der Waals surface area (Å²) in [5.41, 5.74) is 11.0. The zero-order chi connectivity index (χ0) is 30.4. The maximum absolute atomic E-state index is 12.9. The van der Waals surface area contributed by atoms with Gasteiger partial charge in [-0.25, -0.2) is 24.6 Å². The van der Waals surface area contributed by atoms with Crippen LogP contribution in [0.25, 0.3) is 34.1 Å². The van der Waals surface area contributed by atoms with Crippen molar-refractivity contribution in [1.29, 1.82) is 0 Å². The molecule has 3 N–H and O–H groups in total. The van der Waals surface area contributed by atoms with Gasteiger partial charge >= 0.3 is 6.36 Å². The molecule has 0 fully saturated rings. The van der Waals surface area contributed by atoms with Crippen LogP contribution in [0.4, 0.5) is 19.0 Å². The number of aryl methyl sites for hydroxylation is 1. The Kier molecular flexibility index (Phi) is 6.45. The van der Waals surface area contributed by atoms with Crippen molar-refractivity contribution in [2.75, 3.05) is 5.73 Å². The normalized spacial score (nSPS) is 14.5. The fourth-order valence-corrected chi connectivity index (χ4v) is 5.34. The molecule has 5 heterocycles. The van der Waals surface area contributed by atoms with Crippen molar-refractivity contribution < 1.29 is 22.7 Å². The molecule has 7 rings (SSSR count). The zero-order valence-corrected chi connectivity index (χ0v) is 22.7. The van der Waals surface area contributed by atoms with Crippen LogP contribution in [0.15, 0.2) is 85.5 Å². The van der Waals surface area contributed by atoms with Gasteiger partial charge in [0, 0.05) is 36.5 Å². The highest BCUT2D eigenvalue weighted by Crippen LogP contribution is 2.36. The average Bonchev–Trinajstić information content (AvgIpc) is 3.76. The van der Waals surface area contributed by atoms with E-state index in [1.807, 2.05) is 47.0 Å². The number of pyridine rings is 3. The largest absolute Gasteiger partial charge is 0.574 e. The van der Waals surface area contributed by atoms with Gasteiger partial charge in [-0.3, -0.25) is 9.36 Å². The van der Waals surface area contributed by atoms with Crippen LogP contribution in [-0.4, -0.2) is 46.6 Å². The summed E-state index contributed by atoms with van der Waals surface area (Å²) in [7, 11) is 0. The Morgan fingerprint density at radius 2 is 1.91 bits per heavy atom. The number of benzene rings is 1. The van der Waals surface area contributed by atoms with Gasteiger partial charge in [0.2, 0.25) is 5.88 Å². The van der Waals surface area contributed by atoms with E-state index in [9.17, 15) is 18.0 Å². The van der Waals surface area contributed by atoms with Crippen LogP contribution >= 0.6 is 0 Å². The maximum Gasteiger partial charge on any atom is 0.574 e. The van der Waals surface area contributed by atoms with Crippen molar-refractivity contribution in [1.82, 2.24) is 39.6 Å². The highest BCUT2D eigenvalue weighted by Gasteiger charge is 2.32. The molecule has 44 heavy (non-hydrogen) atoms. The third-order valence-electron chi connectivity index (χ3n) is 7.30. The third-order valence-corrected chi connectivity index (χ3v) is 7.30. The monoisotopic (exact) mass is 597 g/mol. The van der Waals surface area contributed by atoms with E-state index < -0.39 is 18.1 Å². The van der Waals surface area contributed by atoms with Crippen LogP contribution in [0.5, 0.6) is 5.88 Å². The van der Waals surface area contributed by atoms with E-state index in [1.54, 1.807) is 29.3 Å². The lowest BCUT2D eigenvalue weighted by molar-refractivity contribution is -0.276. The van der Waals surface area contributed by atoms with Crippen LogP contribution < -0.4 is 15.8 Å². The van der Waals surface area contributed by atoms with E-state index in [2.05, 4.69) is 25.1 Å². The lowest BCUT2D eigenvalue weighted by atomic mass is 10.1. The third kappa shape index (κ3) is 5.06. The number of rotatable bonds is 6. The maximum atomic E-state index is 12.9. The number of imidazole rings is 1. The molecule has 1 atom stereocenters. The predicted octanol–water partition coefficient (Wildman–Crippen LogP) is 4.96. The zero-order valence-electron chi connectivity index (χ0n) is 22.7. The molecule has 0 spiro atoms. The fraction of sp³-hybridized carbons (Fsp3) is 0.133. The molecule has 0 saturated heterocycles. The first-order chi connectivity index (χ1) is 21.2. The summed E-state index contributed by atoms with van der Waals surface area (Å²) in [6.07, 6.45) is 2.61. The summed E-state index contributed by atoms with van der Waals surface area (Å²) in [5, 5.41) is 7.26. The minimum absolute atomic E-state index is 0.118. The first kappa shape index (κ1) is 27.1. The number of alkyl halides is 3. The lowest BCUT2D eigenvalue weighted by Gasteiger charge is -2.16. The molecule has 1 aliphatic carbocycles. The second-order valence-corrected chi connectivity index (χ2v) is 10.1. The summed E-state index contributed by atoms with van der Waals surface area (Å²) in [4.78, 5) is 30.5. The first-order valence-corrected chi connectivity index (χ1v) is 13.5. The molecule has 1 aromatic carbocycles. The smallest absolute Gasteiger partial charge is 0.388 e. The van der Waals surface area contributed by atoms with Gasteiger partial charge in [-0.15, -0.1) is 13.2 Å².